The Balaban J connectivity index is 2.72. The Hall–Kier alpha value is -0.590. The third kappa shape index (κ3) is 4.75. The predicted molar refractivity (Wildman–Crippen MR) is 83.2 cm³/mol. The Morgan fingerprint density at radius 3 is 2.60 bits per heavy atom. The first-order valence-corrected chi connectivity index (χ1v) is 9.79. The molecule has 1 unspecified atom stereocenters. The highest BCUT2D eigenvalue weighted by atomic mass is 35.7. The van der Waals surface area contributed by atoms with Gasteiger partial charge in [0, 0.05) is 22.1 Å². The Morgan fingerprint density at radius 1 is 1.45 bits per heavy atom. The molecule has 20 heavy (non-hydrogen) atoms. The Bertz CT molecular complexity index is 566. The van der Waals surface area contributed by atoms with Crippen molar-refractivity contribution in [1.82, 2.24) is 5.32 Å². The van der Waals surface area contributed by atoms with Gasteiger partial charge in [-0.3, -0.25) is 4.79 Å². The SMILES string of the molecule is CCCCCC(C)NC(=O)c1csc(S(=O)(=O)Cl)c1C. The van der Waals surface area contributed by atoms with Gasteiger partial charge in [-0.2, -0.15) is 0 Å². The molecule has 1 aromatic heterocycles. The van der Waals surface area contributed by atoms with Gasteiger partial charge >= 0.3 is 0 Å². The predicted octanol–water partition coefficient (Wildman–Crippen LogP) is 3.68. The highest BCUT2D eigenvalue weighted by Crippen LogP contribution is 2.29. The summed E-state index contributed by atoms with van der Waals surface area (Å²) < 4.78 is 22.7. The van der Waals surface area contributed by atoms with E-state index in [9.17, 15) is 13.2 Å². The third-order valence-corrected chi connectivity index (χ3v) is 6.39. The number of nitrogens with one attached hydrogen (secondary N) is 1. The molecule has 0 radical (unpaired) electrons. The van der Waals surface area contributed by atoms with Crippen molar-refractivity contribution < 1.29 is 13.2 Å². The molecule has 0 saturated heterocycles. The normalized spacial score (nSPS) is 13.2. The second-order valence-electron chi connectivity index (χ2n) is 4.87. The Morgan fingerprint density at radius 2 is 2.10 bits per heavy atom. The fraction of sp³-hybridized carbons (Fsp3) is 0.615. The average molecular weight is 338 g/mol. The molecule has 0 saturated carbocycles. The van der Waals surface area contributed by atoms with Gasteiger partial charge < -0.3 is 5.32 Å². The molecule has 0 aliphatic carbocycles. The molecule has 1 amide bonds. The fourth-order valence-electron chi connectivity index (χ4n) is 1.94. The van der Waals surface area contributed by atoms with Crippen LogP contribution >= 0.6 is 22.0 Å². The van der Waals surface area contributed by atoms with Gasteiger partial charge in [0.25, 0.3) is 15.0 Å². The Labute approximate surface area is 129 Å². The van der Waals surface area contributed by atoms with E-state index in [1.54, 1.807) is 12.3 Å². The van der Waals surface area contributed by atoms with Crippen molar-refractivity contribution in [3.8, 4) is 0 Å². The summed E-state index contributed by atoms with van der Waals surface area (Å²) in [5.74, 6) is -0.241. The number of hydrogen-bond acceptors (Lipinski definition) is 4. The summed E-state index contributed by atoms with van der Waals surface area (Å²) in [6, 6.07) is 0.0735. The van der Waals surface area contributed by atoms with E-state index >= 15 is 0 Å². The molecule has 0 aliphatic rings. The van der Waals surface area contributed by atoms with Crippen molar-refractivity contribution in [2.24, 2.45) is 0 Å². The van der Waals surface area contributed by atoms with Crippen molar-refractivity contribution in [3.63, 3.8) is 0 Å². The van der Waals surface area contributed by atoms with Crippen LogP contribution in [0.5, 0.6) is 0 Å². The van der Waals surface area contributed by atoms with E-state index in [-0.39, 0.29) is 16.2 Å². The first kappa shape index (κ1) is 17.5. The second kappa shape index (κ2) is 7.43. The number of thiophene rings is 1. The standard InChI is InChI=1S/C13H20ClNO3S2/c1-4-5-6-7-9(2)15-12(16)11-8-19-13(10(11)3)20(14,17)18/h8-9H,4-7H2,1-3H3,(H,15,16). The minimum atomic E-state index is -3.78. The largest absolute Gasteiger partial charge is 0.350 e. The van der Waals surface area contributed by atoms with Crippen molar-refractivity contribution in [1.29, 1.82) is 0 Å². The van der Waals surface area contributed by atoms with Gasteiger partial charge in [0.1, 0.15) is 4.21 Å². The minimum absolute atomic E-state index is 0.0444. The van der Waals surface area contributed by atoms with Gasteiger partial charge in [-0.05, 0) is 25.8 Å². The van der Waals surface area contributed by atoms with Crippen LogP contribution in [0.25, 0.3) is 0 Å². The van der Waals surface area contributed by atoms with E-state index in [1.807, 2.05) is 6.92 Å². The smallest absolute Gasteiger partial charge is 0.271 e. The number of unbranched alkanes of at least 4 members (excludes halogenated alkanes) is 2. The van der Waals surface area contributed by atoms with E-state index in [0.717, 1.165) is 37.0 Å². The van der Waals surface area contributed by atoms with E-state index in [0.29, 0.717) is 11.1 Å². The minimum Gasteiger partial charge on any atom is -0.350 e. The topological polar surface area (TPSA) is 63.2 Å². The molecular formula is C13H20ClNO3S2. The van der Waals surface area contributed by atoms with Crippen LogP contribution in [0.4, 0.5) is 0 Å². The first-order valence-electron chi connectivity index (χ1n) is 6.61. The summed E-state index contributed by atoms with van der Waals surface area (Å²) in [4.78, 5) is 12.1. The molecule has 0 fully saturated rings. The zero-order valence-corrected chi connectivity index (χ0v) is 14.3. The molecule has 114 valence electrons. The number of halogens is 1. The van der Waals surface area contributed by atoms with Crippen LogP contribution in [0.3, 0.4) is 0 Å². The van der Waals surface area contributed by atoms with Crippen molar-refractivity contribution in [2.75, 3.05) is 0 Å². The Kier molecular flexibility index (Phi) is 6.48. The molecule has 0 spiro atoms. The highest BCUT2D eigenvalue weighted by molar-refractivity contribution is 8.15. The van der Waals surface area contributed by atoms with Gasteiger partial charge in [-0.1, -0.05) is 26.2 Å². The second-order valence-corrected chi connectivity index (χ2v) is 8.51. The zero-order valence-electron chi connectivity index (χ0n) is 11.9. The van der Waals surface area contributed by atoms with E-state index in [2.05, 4.69) is 12.2 Å². The van der Waals surface area contributed by atoms with Crippen LogP contribution in [0.1, 0.15) is 55.5 Å². The monoisotopic (exact) mass is 337 g/mol. The first-order chi connectivity index (χ1) is 9.27. The van der Waals surface area contributed by atoms with Crippen LogP contribution in [0.2, 0.25) is 0 Å². The van der Waals surface area contributed by atoms with Gasteiger partial charge in [-0.15, -0.1) is 11.3 Å². The van der Waals surface area contributed by atoms with Crippen molar-refractivity contribution in [3.05, 3.63) is 16.5 Å². The zero-order chi connectivity index (χ0) is 15.3. The van der Waals surface area contributed by atoms with E-state index in [4.69, 9.17) is 10.7 Å². The van der Waals surface area contributed by atoms with Gasteiger partial charge in [-0.25, -0.2) is 8.42 Å². The molecular weight excluding hydrogens is 318 g/mol. The van der Waals surface area contributed by atoms with Crippen LogP contribution in [0, 0.1) is 6.92 Å². The number of rotatable bonds is 7. The highest BCUT2D eigenvalue weighted by Gasteiger charge is 2.22. The summed E-state index contributed by atoms with van der Waals surface area (Å²) in [6.07, 6.45) is 4.28. The number of carbonyl (C=O) groups is 1. The number of carbonyl (C=O) groups excluding carboxylic acids is 1. The lowest BCUT2D eigenvalue weighted by Gasteiger charge is -2.13. The molecule has 0 bridgehead atoms. The quantitative estimate of drug-likeness (QED) is 0.609. The van der Waals surface area contributed by atoms with Gasteiger partial charge in [0.2, 0.25) is 0 Å². The molecule has 1 N–H and O–H groups in total. The average Bonchev–Trinajstić information content (AvgIpc) is 2.71. The maximum Gasteiger partial charge on any atom is 0.271 e. The molecule has 4 nitrogen and oxygen atoms in total. The number of hydrogen-bond donors (Lipinski definition) is 1. The summed E-state index contributed by atoms with van der Waals surface area (Å²) in [5, 5.41) is 4.43. The van der Waals surface area contributed by atoms with Crippen LogP contribution < -0.4 is 5.32 Å². The summed E-state index contributed by atoms with van der Waals surface area (Å²) in [6.45, 7) is 5.68. The number of amides is 1. The van der Waals surface area contributed by atoms with Crippen LogP contribution in [-0.2, 0) is 9.05 Å². The van der Waals surface area contributed by atoms with E-state index < -0.39 is 9.05 Å². The van der Waals surface area contributed by atoms with Gasteiger partial charge in [0.05, 0.1) is 5.56 Å². The molecule has 1 heterocycles. The molecule has 1 rings (SSSR count). The van der Waals surface area contributed by atoms with E-state index in [1.165, 1.54) is 0 Å². The molecule has 0 aromatic carbocycles. The lowest BCUT2D eigenvalue weighted by Crippen LogP contribution is -2.32. The summed E-state index contributed by atoms with van der Waals surface area (Å²) in [5.41, 5.74) is 0.805. The fourth-order valence-corrected chi connectivity index (χ4v) is 4.49. The third-order valence-electron chi connectivity index (χ3n) is 3.08. The van der Waals surface area contributed by atoms with Crippen molar-refractivity contribution >= 4 is 37.0 Å². The van der Waals surface area contributed by atoms with Crippen LogP contribution in [0.15, 0.2) is 9.59 Å². The molecule has 1 atom stereocenters. The maximum atomic E-state index is 12.1. The molecule has 0 aliphatic heterocycles. The molecule has 7 heteroatoms. The lowest BCUT2D eigenvalue weighted by atomic mass is 10.1. The molecule has 1 aromatic rings. The summed E-state index contributed by atoms with van der Waals surface area (Å²) in [7, 11) is 1.54. The van der Waals surface area contributed by atoms with Crippen LogP contribution in [-0.4, -0.2) is 20.4 Å². The summed E-state index contributed by atoms with van der Waals surface area (Å²) >= 11 is 0.979. The van der Waals surface area contributed by atoms with Crippen molar-refractivity contribution in [2.45, 2.75) is 56.7 Å². The maximum absolute atomic E-state index is 12.1. The lowest BCUT2D eigenvalue weighted by molar-refractivity contribution is 0.0937. The van der Waals surface area contributed by atoms with Gasteiger partial charge in [0.15, 0.2) is 0 Å².